The number of hydrogen-bond acceptors (Lipinski definition) is 1. The predicted octanol–water partition coefficient (Wildman–Crippen LogP) is 1.60. The van der Waals surface area contributed by atoms with Gasteiger partial charge in [-0.2, -0.15) is 0 Å². The Kier molecular flexibility index (Phi) is 8.73. The Morgan fingerprint density at radius 1 is 1.50 bits per heavy atom. The molecule has 1 saturated heterocycles. The number of halogens is 1. The summed E-state index contributed by atoms with van der Waals surface area (Å²) in [4.78, 5) is 0. The van der Waals surface area contributed by atoms with E-state index in [4.69, 9.17) is 4.74 Å². The molecule has 0 N–H and O–H groups in total. The van der Waals surface area contributed by atoms with Crippen LogP contribution in [0.25, 0.3) is 0 Å². The molecule has 46 valence electrons. The maximum absolute atomic E-state index is 5.15. The molecule has 0 radical (unpaired) electrons. The molecule has 1 heterocycles. The van der Waals surface area contributed by atoms with Crippen molar-refractivity contribution in [1.82, 2.24) is 0 Å². The van der Waals surface area contributed by atoms with Crippen molar-refractivity contribution in [1.29, 1.82) is 0 Å². The summed E-state index contributed by atoms with van der Waals surface area (Å²) in [6.45, 7) is 3.11. The molecular weight excluding hydrogens is 177 g/mol. The van der Waals surface area contributed by atoms with Gasteiger partial charge in [0.25, 0.3) is 0 Å². The molecule has 1 fully saturated rings. The molecule has 1 aliphatic heterocycles. The first-order valence-corrected chi connectivity index (χ1v) is 2.51. The molecule has 1 unspecified atom stereocenters. The van der Waals surface area contributed by atoms with Gasteiger partial charge in [0.05, 0.1) is 6.10 Å². The van der Waals surface area contributed by atoms with Gasteiger partial charge in [0.15, 0.2) is 0 Å². The van der Waals surface area contributed by atoms with Gasteiger partial charge in [-0.15, -0.1) is 12.4 Å². The fraction of sp³-hybridized carbons (Fsp3) is 1.00. The molecule has 3 heteroatoms. The van der Waals surface area contributed by atoms with Crippen LogP contribution in [0.2, 0.25) is 0 Å². The maximum Gasteiger partial charge on any atom is 0.0547 e. The third kappa shape index (κ3) is 3.82. The molecule has 1 aliphatic rings. The average Bonchev–Trinajstić information content (AvgIpc) is 1.86. The zero-order chi connectivity index (χ0) is 4.41. The van der Waals surface area contributed by atoms with Crippen LogP contribution in [0.5, 0.6) is 0 Å². The Morgan fingerprint density at radius 2 is 2.12 bits per heavy atom. The SMILES string of the molecule is CC1CCCO1.Cl.[Zn]. The quantitative estimate of drug-likeness (QED) is 0.524. The van der Waals surface area contributed by atoms with E-state index in [1.165, 1.54) is 12.8 Å². The van der Waals surface area contributed by atoms with Gasteiger partial charge in [-0.3, -0.25) is 0 Å². The van der Waals surface area contributed by atoms with Gasteiger partial charge < -0.3 is 4.74 Å². The van der Waals surface area contributed by atoms with Crippen molar-refractivity contribution in [3.05, 3.63) is 0 Å². The van der Waals surface area contributed by atoms with E-state index in [1.54, 1.807) is 0 Å². The molecule has 0 saturated carbocycles. The normalized spacial score (nSPS) is 25.9. The van der Waals surface area contributed by atoms with Crippen molar-refractivity contribution in [2.24, 2.45) is 0 Å². The van der Waals surface area contributed by atoms with Crippen LogP contribution in [-0.2, 0) is 24.2 Å². The Labute approximate surface area is 69.3 Å². The maximum atomic E-state index is 5.15. The third-order valence-electron chi connectivity index (χ3n) is 1.16. The second kappa shape index (κ2) is 6.00. The fourth-order valence-electron chi connectivity index (χ4n) is 0.739. The van der Waals surface area contributed by atoms with Gasteiger partial charge in [-0.1, -0.05) is 0 Å². The van der Waals surface area contributed by atoms with Gasteiger partial charge in [0.1, 0.15) is 0 Å². The van der Waals surface area contributed by atoms with Gasteiger partial charge in [-0.05, 0) is 19.8 Å². The molecule has 0 aromatic rings. The predicted molar refractivity (Wildman–Crippen MR) is 31.9 cm³/mol. The fourth-order valence-corrected chi connectivity index (χ4v) is 0.739. The van der Waals surface area contributed by atoms with Crippen LogP contribution in [-0.4, -0.2) is 12.7 Å². The molecule has 0 aromatic heterocycles. The van der Waals surface area contributed by atoms with Crippen molar-refractivity contribution < 1.29 is 24.2 Å². The van der Waals surface area contributed by atoms with Crippen LogP contribution in [0.3, 0.4) is 0 Å². The van der Waals surface area contributed by atoms with E-state index in [0.29, 0.717) is 6.10 Å². The molecule has 1 rings (SSSR count). The summed E-state index contributed by atoms with van der Waals surface area (Å²) in [7, 11) is 0. The van der Waals surface area contributed by atoms with Crippen LogP contribution in [0.4, 0.5) is 0 Å². The van der Waals surface area contributed by atoms with Crippen molar-refractivity contribution in [2.75, 3.05) is 6.61 Å². The van der Waals surface area contributed by atoms with E-state index in [-0.39, 0.29) is 31.9 Å². The molecule has 8 heavy (non-hydrogen) atoms. The molecule has 0 bridgehead atoms. The minimum absolute atomic E-state index is 0. The summed E-state index contributed by atoms with van der Waals surface area (Å²) >= 11 is 0. The molecule has 1 atom stereocenters. The van der Waals surface area contributed by atoms with E-state index in [2.05, 4.69) is 6.92 Å². The first-order chi connectivity index (χ1) is 2.89. The summed E-state index contributed by atoms with van der Waals surface area (Å²) in [5.74, 6) is 0. The minimum Gasteiger partial charge on any atom is -0.379 e. The monoisotopic (exact) mass is 186 g/mol. The number of ether oxygens (including phenoxy) is 1. The average molecular weight is 188 g/mol. The van der Waals surface area contributed by atoms with Crippen LogP contribution in [0, 0.1) is 0 Å². The van der Waals surface area contributed by atoms with E-state index >= 15 is 0 Å². The van der Waals surface area contributed by atoms with Crippen molar-refractivity contribution in [2.45, 2.75) is 25.9 Å². The standard InChI is InChI=1S/C5H10O.ClH.Zn/c1-5-3-2-4-6-5;;/h5H,2-4H2,1H3;1H;. The van der Waals surface area contributed by atoms with Crippen molar-refractivity contribution in [3.8, 4) is 0 Å². The van der Waals surface area contributed by atoms with Crippen LogP contribution >= 0.6 is 12.4 Å². The molecular formula is C5H11ClOZn. The van der Waals surface area contributed by atoms with Crippen molar-refractivity contribution >= 4 is 12.4 Å². The zero-order valence-corrected chi connectivity index (χ0v) is 9.01. The van der Waals surface area contributed by atoms with Gasteiger partial charge in [0, 0.05) is 26.1 Å². The Morgan fingerprint density at radius 3 is 2.25 bits per heavy atom. The Hall–Kier alpha value is 0.873. The second-order valence-corrected chi connectivity index (χ2v) is 1.82. The molecule has 0 aromatic carbocycles. The van der Waals surface area contributed by atoms with Crippen LogP contribution in [0.15, 0.2) is 0 Å². The molecule has 1 nitrogen and oxygen atoms in total. The summed E-state index contributed by atoms with van der Waals surface area (Å²) in [6, 6.07) is 0. The smallest absolute Gasteiger partial charge is 0.0547 e. The van der Waals surface area contributed by atoms with Crippen LogP contribution < -0.4 is 0 Å². The van der Waals surface area contributed by atoms with Crippen molar-refractivity contribution in [3.63, 3.8) is 0 Å². The van der Waals surface area contributed by atoms with E-state index in [0.717, 1.165) is 6.61 Å². The molecule has 0 aliphatic carbocycles. The Bertz CT molecular complexity index is 45.7. The van der Waals surface area contributed by atoms with Gasteiger partial charge >= 0.3 is 0 Å². The van der Waals surface area contributed by atoms with E-state index < -0.39 is 0 Å². The second-order valence-electron chi connectivity index (χ2n) is 1.82. The molecule has 0 spiro atoms. The summed E-state index contributed by atoms with van der Waals surface area (Å²) in [5.41, 5.74) is 0. The van der Waals surface area contributed by atoms with E-state index in [1.807, 2.05) is 0 Å². The zero-order valence-electron chi connectivity index (χ0n) is 5.22. The third-order valence-corrected chi connectivity index (χ3v) is 1.16. The minimum atomic E-state index is 0. The largest absolute Gasteiger partial charge is 0.379 e. The first kappa shape index (κ1) is 11.6. The summed E-state index contributed by atoms with van der Waals surface area (Å²) < 4.78 is 5.15. The summed E-state index contributed by atoms with van der Waals surface area (Å²) in [6.07, 6.45) is 3.08. The number of hydrogen-bond donors (Lipinski definition) is 0. The van der Waals surface area contributed by atoms with Gasteiger partial charge in [-0.25, -0.2) is 0 Å². The number of rotatable bonds is 0. The topological polar surface area (TPSA) is 9.23 Å². The first-order valence-electron chi connectivity index (χ1n) is 2.51. The van der Waals surface area contributed by atoms with E-state index in [9.17, 15) is 0 Å². The van der Waals surface area contributed by atoms with Crippen LogP contribution in [0.1, 0.15) is 19.8 Å². The Balaban J connectivity index is 0. The van der Waals surface area contributed by atoms with Gasteiger partial charge in [0.2, 0.25) is 0 Å². The summed E-state index contributed by atoms with van der Waals surface area (Å²) in [5, 5.41) is 0. The molecule has 0 amide bonds.